The SMILES string of the molecule is CCCc1c(C(=O)O)nnn1C(C)C(=O)NCCOC. The molecule has 0 aromatic carbocycles. The first-order chi connectivity index (χ1) is 9.52. The van der Waals surface area contributed by atoms with Crippen LogP contribution < -0.4 is 5.32 Å². The highest BCUT2D eigenvalue weighted by atomic mass is 16.5. The van der Waals surface area contributed by atoms with Crippen LogP contribution in [0.2, 0.25) is 0 Å². The molecule has 0 aliphatic heterocycles. The number of carboxylic acid groups (broad SMARTS) is 1. The molecule has 0 aliphatic carbocycles. The molecular formula is C12H20N4O4. The third kappa shape index (κ3) is 3.77. The van der Waals surface area contributed by atoms with Gasteiger partial charge in [-0.05, 0) is 13.3 Å². The minimum Gasteiger partial charge on any atom is -0.476 e. The van der Waals surface area contributed by atoms with Crippen LogP contribution in [0.5, 0.6) is 0 Å². The molecule has 1 aromatic rings. The number of carbonyl (C=O) groups is 2. The predicted octanol–water partition coefficient (Wildman–Crippen LogP) is 0.252. The number of ether oxygens (including phenoxy) is 1. The molecule has 1 rings (SSSR count). The molecule has 20 heavy (non-hydrogen) atoms. The zero-order chi connectivity index (χ0) is 15.1. The number of hydrogen-bond donors (Lipinski definition) is 2. The van der Waals surface area contributed by atoms with Gasteiger partial charge < -0.3 is 15.2 Å². The summed E-state index contributed by atoms with van der Waals surface area (Å²) in [7, 11) is 1.55. The first-order valence-corrected chi connectivity index (χ1v) is 6.46. The van der Waals surface area contributed by atoms with Crippen molar-refractivity contribution in [2.45, 2.75) is 32.7 Å². The number of carbonyl (C=O) groups excluding carboxylic acids is 1. The van der Waals surface area contributed by atoms with Crippen molar-refractivity contribution in [1.29, 1.82) is 0 Å². The Morgan fingerprint density at radius 2 is 2.20 bits per heavy atom. The van der Waals surface area contributed by atoms with E-state index in [1.165, 1.54) is 4.68 Å². The Balaban J connectivity index is 2.88. The number of amides is 1. The largest absolute Gasteiger partial charge is 0.476 e. The Morgan fingerprint density at radius 1 is 1.50 bits per heavy atom. The van der Waals surface area contributed by atoms with Crippen LogP contribution in [0.15, 0.2) is 0 Å². The van der Waals surface area contributed by atoms with E-state index in [0.717, 1.165) is 6.42 Å². The molecule has 112 valence electrons. The Kier molecular flexibility index (Phi) is 6.10. The minimum absolute atomic E-state index is 0.0941. The monoisotopic (exact) mass is 284 g/mol. The Morgan fingerprint density at radius 3 is 2.75 bits per heavy atom. The van der Waals surface area contributed by atoms with Crippen molar-refractivity contribution in [3.63, 3.8) is 0 Å². The lowest BCUT2D eigenvalue weighted by molar-refractivity contribution is -0.124. The highest BCUT2D eigenvalue weighted by Crippen LogP contribution is 2.14. The molecule has 8 heteroatoms. The molecule has 0 fully saturated rings. The average Bonchev–Trinajstić information content (AvgIpc) is 2.82. The number of hydrogen-bond acceptors (Lipinski definition) is 5. The van der Waals surface area contributed by atoms with Crippen LogP contribution in [-0.2, 0) is 16.0 Å². The second kappa shape index (κ2) is 7.59. The highest BCUT2D eigenvalue weighted by Gasteiger charge is 2.24. The van der Waals surface area contributed by atoms with E-state index < -0.39 is 12.0 Å². The smallest absolute Gasteiger partial charge is 0.358 e. The van der Waals surface area contributed by atoms with Crippen LogP contribution in [-0.4, -0.2) is 52.2 Å². The predicted molar refractivity (Wildman–Crippen MR) is 70.6 cm³/mol. The van der Waals surface area contributed by atoms with Gasteiger partial charge in [0.25, 0.3) is 0 Å². The summed E-state index contributed by atoms with van der Waals surface area (Å²) in [6.07, 6.45) is 1.25. The molecule has 8 nitrogen and oxygen atoms in total. The molecule has 1 amide bonds. The van der Waals surface area contributed by atoms with Crippen molar-refractivity contribution in [2.75, 3.05) is 20.3 Å². The van der Waals surface area contributed by atoms with Crippen molar-refractivity contribution in [1.82, 2.24) is 20.3 Å². The van der Waals surface area contributed by atoms with Gasteiger partial charge in [0.15, 0.2) is 5.69 Å². The highest BCUT2D eigenvalue weighted by molar-refractivity contribution is 5.87. The number of carboxylic acids is 1. The van der Waals surface area contributed by atoms with Crippen molar-refractivity contribution in [3.8, 4) is 0 Å². The van der Waals surface area contributed by atoms with Gasteiger partial charge in [0.1, 0.15) is 6.04 Å². The molecule has 1 unspecified atom stereocenters. The van der Waals surface area contributed by atoms with E-state index in [1.807, 2.05) is 6.92 Å². The Labute approximate surface area is 117 Å². The zero-order valence-corrected chi connectivity index (χ0v) is 11.9. The number of nitrogens with zero attached hydrogens (tertiary/aromatic N) is 3. The quantitative estimate of drug-likeness (QED) is 0.663. The summed E-state index contributed by atoms with van der Waals surface area (Å²) in [5, 5.41) is 19.2. The zero-order valence-electron chi connectivity index (χ0n) is 11.9. The minimum atomic E-state index is -1.13. The fourth-order valence-electron chi connectivity index (χ4n) is 1.80. The second-order valence-corrected chi connectivity index (χ2v) is 4.34. The number of methoxy groups -OCH3 is 1. The summed E-state index contributed by atoms with van der Waals surface area (Å²) < 4.78 is 6.22. The van der Waals surface area contributed by atoms with E-state index in [2.05, 4.69) is 15.6 Å². The van der Waals surface area contributed by atoms with Gasteiger partial charge in [0.05, 0.1) is 12.3 Å². The van der Waals surface area contributed by atoms with Crippen LogP contribution in [0.1, 0.15) is 42.5 Å². The van der Waals surface area contributed by atoms with Crippen LogP contribution in [0.25, 0.3) is 0 Å². The fraction of sp³-hybridized carbons (Fsp3) is 0.667. The van der Waals surface area contributed by atoms with Gasteiger partial charge in [-0.15, -0.1) is 5.10 Å². The Hall–Kier alpha value is -1.96. The summed E-state index contributed by atoms with van der Waals surface area (Å²) in [4.78, 5) is 23.0. The van der Waals surface area contributed by atoms with Crippen LogP contribution in [0, 0.1) is 0 Å². The fourth-order valence-corrected chi connectivity index (χ4v) is 1.80. The van der Waals surface area contributed by atoms with Crippen LogP contribution in [0.4, 0.5) is 0 Å². The van der Waals surface area contributed by atoms with Gasteiger partial charge in [0.2, 0.25) is 5.91 Å². The molecule has 0 saturated heterocycles. The molecular weight excluding hydrogens is 264 g/mol. The van der Waals surface area contributed by atoms with E-state index >= 15 is 0 Å². The van der Waals surface area contributed by atoms with Crippen molar-refractivity contribution < 1.29 is 19.4 Å². The normalized spacial score (nSPS) is 12.2. The van der Waals surface area contributed by atoms with E-state index in [9.17, 15) is 9.59 Å². The molecule has 0 spiro atoms. The third-order valence-electron chi connectivity index (χ3n) is 2.83. The van der Waals surface area contributed by atoms with Crippen molar-refractivity contribution in [3.05, 3.63) is 11.4 Å². The van der Waals surface area contributed by atoms with Gasteiger partial charge in [0, 0.05) is 13.7 Å². The maximum atomic E-state index is 12.0. The van der Waals surface area contributed by atoms with Gasteiger partial charge in [-0.3, -0.25) is 4.79 Å². The van der Waals surface area contributed by atoms with Gasteiger partial charge in [-0.25, -0.2) is 9.48 Å². The van der Waals surface area contributed by atoms with E-state index in [0.29, 0.717) is 25.3 Å². The number of aromatic nitrogens is 3. The molecule has 0 aliphatic rings. The summed E-state index contributed by atoms with van der Waals surface area (Å²) in [5.74, 6) is -1.38. The van der Waals surface area contributed by atoms with E-state index in [4.69, 9.17) is 9.84 Å². The Bertz CT molecular complexity index is 472. The summed E-state index contributed by atoms with van der Waals surface area (Å²) in [5.41, 5.74) is 0.373. The van der Waals surface area contributed by atoms with E-state index in [-0.39, 0.29) is 11.6 Å². The summed E-state index contributed by atoms with van der Waals surface area (Å²) in [6, 6.07) is -0.617. The molecule has 0 bridgehead atoms. The van der Waals surface area contributed by atoms with Crippen LogP contribution >= 0.6 is 0 Å². The summed E-state index contributed by atoms with van der Waals surface area (Å²) >= 11 is 0. The molecule has 1 atom stereocenters. The third-order valence-corrected chi connectivity index (χ3v) is 2.83. The molecule has 0 radical (unpaired) electrons. The van der Waals surface area contributed by atoms with Gasteiger partial charge >= 0.3 is 5.97 Å². The van der Waals surface area contributed by atoms with Gasteiger partial charge in [-0.2, -0.15) is 0 Å². The van der Waals surface area contributed by atoms with Gasteiger partial charge in [-0.1, -0.05) is 18.6 Å². The number of aromatic carboxylic acids is 1. The van der Waals surface area contributed by atoms with Crippen molar-refractivity contribution >= 4 is 11.9 Å². The number of rotatable bonds is 8. The summed E-state index contributed by atoms with van der Waals surface area (Å²) in [6.45, 7) is 4.38. The first-order valence-electron chi connectivity index (χ1n) is 6.46. The van der Waals surface area contributed by atoms with Crippen molar-refractivity contribution in [2.24, 2.45) is 0 Å². The number of nitrogens with one attached hydrogen (secondary N) is 1. The van der Waals surface area contributed by atoms with E-state index in [1.54, 1.807) is 14.0 Å². The molecule has 1 aromatic heterocycles. The molecule has 0 saturated carbocycles. The topological polar surface area (TPSA) is 106 Å². The van der Waals surface area contributed by atoms with Crippen LogP contribution in [0.3, 0.4) is 0 Å². The standard InChI is InChI=1S/C12H20N4O4/c1-4-5-9-10(12(18)19)14-15-16(9)8(2)11(17)13-6-7-20-3/h8H,4-7H2,1-3H3,(H,13,17)(H,18,19). The lowest BCUT2D eigenvalue weighted by atomic mass is 10.2. The average molecular weight is 284 g/mol. The maximum absolute atomic E-state index is 12.0. The molecule has 2 N–H and O–H groups in total. The second-order valence-electron chi connectivity index (χ2n) is 4.34. The lowest BCUT2D eigenvalue weighted by Gasteiger charge is -2.14. The maximum Gasteiger partial charge on any atom is 0.358 e. The first kappa shape index (κ1) is 16.1. The molecule has 1 heterocycles. The lowest BCUT2D eigenvalue weighted by Crippen LogP contribution is -2.34.